The minimum absolute atomic E-state index is 0.0678. The van der Waals surface area contributed by atoms with Crippen LogP contribution in [0.5, 0.6) is 5.75 Å². The zero-order valence-electron chi connectivity index (χ0n) is 11.9. The lowest BCUT2D eigenvalue weighted by Gasteiger charge is -2.35. The molecule has 1 N–H and O–H groups in total. The van der Waals surface area contributed by atoms with Crippen LogP contribution < -0.4 is 9.80 Å². The van der Waals surface area contributed by atoms with Crippen molar-refractivity contribution < 1.29 is 9.90 Å². The van der Waals surface area contributed by atoms with Crippen molar-refractivity contribution in [3.63, 3.8) is 0 Å². The molecule has 0 aromatic heterocycles. The van der Waals surface area contributed by atoms with Crippen molar-refractivity contribution in [2.24, 2.45) is 0 Å². The first-order valence-electron chi connectivity index (χ1n) is 6.79. The first kappa shape index (κ1) is 15.0. The van der Waals surface area contributed by atoms with Gasteiger partial charge >= 0.3 is 0 Å². The average Bonchev–Trinajstić information content (AvgIpc) is 2.52. The molecule has 0 spiro atoms. The number of rotatable bonds is 1. The maximum absolute atomic E-state index is 12.8. The third kappa shape index (κ3) is 2.49. The zero-order valence-corrected chi connectivity index (χ0v) is 13.4. The molecule has 1 aliphatic heterocycles. The minimum atomic E-state index is -0.210. The number of anilines is 2. The number of phenolic OH excluding ortho intramolecular Hbond substituents is 1. The molecule has 2 aromatic carbocycles. The molecule has 0 fully saturated rings. The van der Waals surface area contributed by atoms with Crippen LogP contribution in [0.4, 0.5) is 11.4 Å². The van der Waals surface area contributed by atoms with Crippen LogP contribution in [0, 0.1) is 0 Å². The molecule has 22 heavy (non-hydrogen) atoms. The Labute approximate surface area is 138 Å². The van der Waals surface area contributed by atoms with Crippen LogP contribution in [0.1, 0.15) is 10.4 Å². The highest BCUT2D eigenvalue weighted by Gasteiger charge is 2.26. The molecule has 4 nitrogen and oxygen atoms in total. The van der Waals surface area contributed by atoms with Gasteiger partial charge in [-0.3, -0.25) is 4.79 Å². The van der Waals surface area contributed by atoms with Crippen LogP contribution in [0.3, 0.4) is 0 Å². The fraction of sp³-hybridized carbons (Fsp3) is 0.188. The normalized spacial score (nSPS) is 14.0. The second-order valence-corrected chi connectivity index (χ2v) is 5.97. The average molecular weight is 337 g/mol. The largest absolute Gasteiger partial charge is 0.505 e. The number of amides is 1. The van der Waals surface area contributed by atoms with Crippen molar-refractivity contribution in [2.45, 2.75) is 0 Å². The van der Waals surface area contributed by atoms with Gasteiger partial charge in [-0.1, -0.05) is 35.3 Å². The van der Waals surface area contributed by atoms with E-state index in [9.17, 15) is 9.90 Å². The Morgan fingerprint density at radius 1 is 1.09 bits per heavy atom. The molecule has 0 saturated heterocycles. The van der Waals surface area contributed by atoms with Crippen LogP contribution in [0.15, 0.2) is 36.4 Å². The molecular formula is C16H14Cl2N2O2. The van der Waals surface area contributed by atoms with Gasteiger partial charge in [0.25, 0.3) is 5.91 Å². The quantitative estimate of drug-likeness (QED) is 0.861. The van der Waals surface area contributed by atoms with Crippen molar-refractivity contribution in [1.29, 1.82) is 0 Å². The number of hydrogen-bond donors (Lipinski definition) is 1. The predicted octanol–water partition coefficient (Wildman–Crippen LogP) is 3.80. The van der Waals surface area contributed by atoms with E-state index in [-0.39, 0.29) is 21.7 Å². The Morgan fingerprint density at radius 3 is 2.32 bits per heavy atom. The van der Waals surface area contributed by atoms with Crippen molar-refractivity contribution in [3.8, 4) is 5.75 Å². The van der Waals surface area contributed by atoms with Gasteiger partial charge in [-0.05, 0) is 24.3 Å². The molecule has 1 heterocycles. The van der Waals surface area contributed by atoms with Crippen molar-refractivity contribution in [3.05, 3.63) is 52.0 Å². The number of carbonyl (C=O) groups excluding carboxylic acids is 1. The Kier molecular flexibility index (Phi) is 3.89. The lowest BCUT2D eigenvalue weighted by Crippen LogP contribution is -2.42. The predicted molar refractivity (Wildman–Crippen MR) is 89.5 cm³/mol. The van der Waals surface area contributed by atoms with Crippen LogP contribution in [-0.2, 0) is 0 Å². The summed E-state index contributed by atoms with van der Waals surface area (Å²) in [4.78, 5) is 16.6. The highest BCUT2D eigenvalue weighted by Crippen LogP contribution is 2.36. The van der Waals surface area contributed by atoms with Gasteiger partial charge in [-0.25, -0.2) is 0 Å². The molecule has 114 valence electrons. The van der Waals surface area contributed by atoms with Crippen LogP contribution in [0.2, 0.25) is 10.0 Å². The number of carbonyl (C=O) groups is 1. The van der Waals surface area contributed by atoms with Crippen molar-refractivity contribution in [1.82, 2.24) is 0 Å². The third-order valence-corrected chi connectivity index (χ3v) is 4.33. The summed E-state index contributed by atoms with van der Waals surface area (Å²) in [6.45, 7) is 1.31. The maximum atomic E-state index is 12.8. The summed E-state index contributed by atoms with van der Waals surface area (Å²) < 4.78 is 0. The summed E-state index contributed by atoms with van der Waals surface area (Å²) in [5, 5.41) is 9.76. The molecule has 0 radical (unpaired) electrons. The fourth-order valence-electron chi connectivity index (χ4n) is 2.56. The summed E-state index contributed by atoms with van der Waals surface area (Å²) in [7, 11) is 1.99. The summed E-state index contributed by atoms with van der Waals surface area (Å²) in [6.07, 6.45) is 0. The van der Waals surface area contributed by atoms with Gasteiger partial charge in [0.1, 0.15) is 0 Å². The number of phenols is 1. The highest BCUT2D eigenvalue weighted by molar-refractivity contribution is 6.37. The Bertz CT molecular complexity index is 726. The number of aromatic hydroxyl groups is 1. The van der Waals surface area contributed by atoms with Gasteiger partial charge in [0.05, 0.1) is 21.4 Å². The Hall–Kier alpha value is -1.91. The van der Waals surface area contributed by atoms with E-state index in [1.807, 2.05) is 31.3 Å². The second kappa shape index (κ2) is 5.71. The van der Waals surface area contributed by atoms with Crippen LogP contribution >= 0.6 is 23.2 Å². The summed E-state index contributed by atoms with van der Waals surface area (Å²) in [5.41, 5.74) is 2.20. The maximum Gasteiger partial charge on any atom is 0.258 e. The summed E-state index contributed by atoms with van der Waals surface area (Å²) in [6, 6.07) is 10.6. The topological polar surface area (TPSA) is 43.8 Å². The fourth-order valence-corrected chi connectivity index (χ4v) is 3.05. The monoisotopic (exact) mass is 336 g/mol. The van der Waals surface area contributed by atoms with Gasteiger partial charge < -0.3 is 14.9 Å². The first-order chi connectivity index (χ1) is 10.5. The highest BCUT2D eigenvalue weighted by atomic mass is 35.5. The van der Waals surface area contributed by atoms with Gasteiger partial charge in [-0.15, -0.1) is 0 Å². The molecular weight excluding hydrogens is 323 g/mol. The van der Waals surface area contributed by atoms with Gasteiger partial charge in [0, 0.05) is 25.7 Å². The number of para-hydroxylation sites is 2. The number of nitrogens with zero attached hydrogens (tertiary/aromatic N) is 2. The lowest BCUT2D eigenvalue weighted by molar-refractivity contribution is 0.0986. The SMILES string of the molecule is CN1CCN(C(=O)c2cc(Cl)c(O)c(Cl)c2)c2ccccc21. The lowest BCUT2D eigenvalue weighted by atomic mass is 10.1. The van der Waals surface area contributed by atoms with E-state index in [1.54, 1.807) is 4.90 Å². The third-order valence-electron chi connectivity index (χ3n) is 3.75. The summed E-state index contributed by atoms with van der Waals surface area (Å²) in [5.74, 6) is -0.400. The van der Waals surface area contributed by atoms with E-state index in [4.69, 9.17) is 23.2 Å². The second-order valence-electron chi connectivity index (χ2n) is 5.16. The molecule has 2 aromatic rings. The molecule has 0 bridgehead atoms. The first-order valence-corrected chi connectivity index (χ1v) is 7.54. The molecule has 3 rings (SSSR count). The standard InChI is InChI=1S/C16H14Cl2N2O2/c1-19-6-7-20(14-5-3-2-4-13(14)19)16(22)10-8-11(17)15(21)12(18)9-10/h2-5,8-9,21H,6-7H2,1H3. The van der Waals surface area contributed by atoms with E-state index >= 15 is 0 Å². The number of benzene rings is 2. The number of likely N-dealkylation sites (N-methyl/N-ethyl adjacent to an activating group) is 1. The Morgan fingerprint density at radius 2 is 1.68 bits per heavy atom. The number of hydrogen-bond acceptors (Lipinski definition) is 3. The number of fused-ring (bicyclic) bond motifs is 1. The Balaban J connectivity index is 2.02. The minimum Gasteiger partial charge on any atom is -0.505 e. The molecule has 0 unspecified atom stereocenters. The van der Waals surface area contributed by atoms with Crippen molar-refractivity contribution >= 4 is 40.5 Å². The van der Waals surface area contributed by atoms with Crippen molar-refractivity contribution in [2.75, 3.05) is 29.9 Å². The van der Waals surface area contributed by atoms with Gasteiger partial charge in [0.15, 0.2) is 5.75 Å². The molecule has 0 aliphatic carbocycles. The zero-order chi connectivity index (χ0) is 15.9. The van der Waals surface area contributed by atoms with Crippen LogP contribution in [0.25, 0.3) is 0 Å². The van der Waals surface area contributed by atoms with E-state index < -0.39 is 0 Å². The number of halogens is 2. The molecule has 1 aliphatic rings. The van der Waals surface area contributed by atoms with E-state index in [1.165, 1.54) is 12.1 Å². The van der Waals surface area contributed by atoms with Crippen LogP contribution in [-0.4, -0.2) is 31.2 Å². The van der Waals surface area contributed by atoms with E-state index in [2.05, 4.69) is 4.90 Å². The molecule has 0 saturated carbocycles. The van der Waals surface area contributed by atoms with E-state index in [0.717, 1.165) is 17.9 Å². The molecule has 1 amide bonds. The van der Waals surface area contributed by atoms with E-state index in [0.29, 0.717) is 12.1 Å². The molecule has 0 atom stereocenters. The molecule has 6 heteroatoms. The van der Waals surface area contributed by atoms with Gasteiger partial charge in [-0.2, -0.15) is 0 Å². The van der Waals surface area contributed by atoms with Gasteiger partial charge in [0.2, 0.25) is 0 Å². The smallest absolute Gasteiger partial charge is 0.258 e. The summed E-state index contributed by atoms with van der Waals surface area (Å²) >= 11 is 11.8.